The van der Waals surface area contributed by atoms with Crippen molar-refractivity contribution < 1.29 is 22.4 Å². The minimum absolute atomic E-state index is 0.0184. The van der Waals surface area contributed by atoms with Crippen LogP contribution >= 0.6 is 0 Å². The highest BCUT2D eigenvalue weighted by atomic mass is 19.4. The first-order valence-electron chi connectivity index (χ1n) is 12.2. The van der Waals surface area contributed by atoms with E-state index in [4.69, 9.17) is 0 Å². The number of carbonyl (C=O) groups is 1. The molecule has 32 heavy (non-hydrogen) atoms. The maximum Gasteiger partial charge on any atom is 0.416 e. The maximum absolute atomic E-state index is 13.3. The van der Waals surface area contributed by atoms with Gasteiger partial charge in [0, 0.05) is 23.5 Å². The van der Waals surface area contributed by atoms with E-state index in [-0.39, 0.29) is 21.8 Å². The van der Waals surface area contributed by atoms with Gasteiger partial charge in [-0.3, -0.25) is 4.48 Å². The van der Waals surface area contributed by atoms with Crippen LogP contribution in [0.25, 0.3) is 0 Å². The number of rotatable bonds is 2. The SMILES string of the molecule is C[C@@]12CCC[C@H]1[C@@H]1CC[C@@H]3[C@](C)(C=CC(=O)[N+]3(C)Cc3cccc(C(F)(F)F)c3)[C@H]1CC2. The van der Waals surface area contributed by atoms with E-state index in [9.17, 15) is 18.0 Å². The molecule has 1 amide bonds. The van der Waals surface area contributed by atoms with Gasteiger partial charge < -0.3 is 0 Å². The molecule has 174 valence electrons. The summed E-state index contributed by atoms with van der Waals surface area (Å²) in [4.78, 5) is 13.3. The molecule has 0 bridgehead atoms. The molecule has 1 unspecified atom stereocenters. The van der Waals surface area contributed by atoms with Gasteiger partial charge in [-0.05, 0) is 67.4 Å². The molecule has 1 heterocycles. The smallest absolute Gasteiger partial charge is 0.252 e. The number of likely N-dealkylation sites (N-methyl/N-ethyl adjacent to an activating group) is 1. The van der Waals surface area contributed by atoms with E-state index in [1.54, 1.807) is 12.1 Å². The molecule has 1 aromatic rings. The lowest BCUT2D eigenvalue weighted by Crippen LogP contribution is -2.67. The van der Waals surface area contributed by atoms with E-state index < -0.39 is 11.7 Å². The van der Waals surface area contributed by atoms with Crippen LogP contribution in [-0.4, -0.2) is 23.5 Å². The molecular formula is C27H35F3NO+. The van der Waals surface area contributed by atoms with Crippen molar-refractivity contribution in [2.45, 2.75) is 77.6 Å². The van der Waals surface area contributed by atoms with Crippen molar-refractivity contribution in [3.05, 3.63) is 47.5 Å². The summed E-state index contributed by atoms with van der Waals surface area (Å²) in [5.74, 6) is 2.07. The average molecular weight is 447 g/mol. The van der Waals surface area contributed by atoms with E-state index >= 15 is 0 Å². The van der Waals surface area contributed by atoms with Gasteiger partial charge >= 0.3 is 12.1 Å². The molecule has 5 heteroatoms. The maximum atomic E-state index is 13.3. The van der Waals surface area contributed by atoms with E-state index in [1.165, 1.54) is 44.2 Å². The van der Waals surface area contributed by atoms with Crippen LogP contribution in [0.2, 0.25) is 0 Å². The molecular weight excluding hydrogens is 411 g/mol. The molecule has 1 aliphatic heterocycles. The third-order valence-electron chi connectivity index (χ3n) is 10.1. The molecule has 4 aliphatic rings. The number of benzene rings is 1. The van der Waals surface area contributed by atoms with Crippen molar-refractivity contribution in [2.75, 3.05) is 7.05 Å². The largest absolute Gasteiger partial charge is 0.416 e. The summed E-state index contributed by atoms with van der Waals surface area (Å²) < 4.78 is 40.0. The van der Waals surface area contributed by atoms with Gasteiger partial charge in [0.05, 0.1) is 12.6 Å². The Labute approximate surface area is 189 Å². The molecule has 7 atom stereocenters. The fraction of sp³-hybridized carbons (Fsp3) is 0.667. The Bertz CT molecular complexity index is 954. The zero-order chi connectivity index (χ0) is 22.9. The lowest BCUT2D eigenvalue weighted by Gasteiger charge is -2.60. The predicted octanol–water partition coefficient (Wildman–Crippen LogP) is 6.75. The van der Waals surface area contributed by atoms with E-state index in [1.807, 2.05) is 7.05 Å². The summed E-state index contributed by atoms with van der Waals surface area (Å²) >= 11 is 0. The molecule has 0 aromatic heterocycles. The van der Waals surface area contributed by atoms with Crippen LogP contribution in [0.15, 0.2) is 36.4 Å². The van der Waals surface area contributed by atoms with Crippen molar-refractivity contribution in [3.63, 3.8) is 0 Å². The van der Waals surface area contributed by atoms with Crippen molar-refractivity contribution in [2.24, 2.45) is 28.6 Å². The Hall–Kier alpha value is -1.62. The highest BCUT2D eigenvalue weighted by Crippen LogP contribution is 2.64. The number of carbonyl (C=O) groups excluding carboxylic acids is 1. The Morgan fingerprint density at radius 2 is 1.84 bits per heavy atom. The van der Waals surface area contributed by atoms with Crippen molar-refractivity contribution >= 4 is 5.91 Å². The zero-order valence-corrected chi connectivity index (χ0v) is 19.4. The number of amides is 1. The molecule has 1 aromatic carbocycles. The summed E-state index contributed by atoms with van der Waals surface area (Å²) in [7, 11) is 1.96. The van der Waals surface area contributed by atoms with Gasteiger partial charge in [-0.1, -0.05) is 38.5 Å². The highest BCUT2D eigenvalue weighted by molar-refractivity contribution is 5.82. The molecule has 2 nitrogen and oxygen atoms in total. The van der Waals surface area contributed by atoms with Crippen LogP contribution in [0.5, 0.6) is 0 Å². The Morgan fingerprint density at radius 3 is 2.59 bits per heavy atom. The topological polar surface area (TPSA) is 17.1 Å². The summed E-state index contributed by atoms with van der Waals surface area (Å²) in [6.07, 6.45) is 8.14. The van der Waals surface area contributed by atoms with E-state index in [0.29, 0.717) is 29.4 Å². The van der Waals surface area contributed by atoms with Crippen molar-refractivity contribution in [1.82, 2.24) is 0 Å². The first-order valence-corrected chi connectivity index (χ1v) is 12.2. The fourth-order valence-corrected chi connectivity index (χ4v) is 8.49. The van der Waals surface area contributed by atoms with Gasteiger partial charge in [0.1, 0.15) is 12.6 Å². The Balaban J connectivity index is 1.48. The van der Waals surface area contributed by atoms with Gasteiger partial charge in [-0.25, -0.2) is 4.79 Å². The molecule has 0 saturated heterocycles. The normalized spacial score (nSPS) is 43.5. The molecule has 3 aliphatic carbocycles. The van der Waals surface area contributed by atoms with Crippen molar-refractivity contribution in [3.8, 4) is 0 Å². The molecule has 0 N–H and O–H groups in total. The second kappa shape index (κ2) is 7.19. The minimum atomic E-state index is -4.37. The Kier molecular flexibility index (Phi) is 4.98. The lowest BCUT2D eigenvalue weighted by atomic mass is 9.48. The fourth-order valence-electron chi connectivity index (χ4n) is 8.49. The van der Waals surface area contributed by atoms with Crippen LogP contribution < -0.4 is 0 Å². The standard InChI is InChI=1S/C27H35F3NO/c1-25-13-5-8-21(25)20-9-10-23-26(2,22(20)11-14-25)15-12-24(32)31(23,3)17-18-6-4-7-19(16-18)27(28,29)30/h4,6-7,12,15-16,20-23H,5,8-11,13-14,17H2,1-3H3/q+1/t20-,21-,22-,23+,25-,26+,31?/m0/s1. The summed E-state index contributed by atoms with van der Waals surface area (Å²) in [6, 6.07) is 5.64. The third-order valence-corrected chi connectivity index (χ3v) is 10.1. The highest BCUT2D eigenvalue weighted by Gasteiger charge is 2.62. The molecule has 0 spiro atoms. The lowest BCUT2D eigenvalue weighted by molar-refractivity contribution is -0.882. The van der Waals surface area contributed by atoms with Crippen molar-refractivity contribution in [1.29, 1.82) is 0 Å². The predicted molar refractivity (Wildman–Crippen MR) is 118 cm³/mol. The number of hydrogen-bond acceptors (Lipinski definition) is 1. The zero-order valence-electron chi connectivity index (χ0n) is 19.4. The van der Waals surface area contributed by atoms with Gasteiger partial charge in [-0.2, -0.15) is 13.2 Å². The molecule has 3 fully saturated rings. The number of alkyl halides is 3. The first-order chi connectivity index (χ1) is 15.0. The minimum Gasteiger partial charge on any atom is -0.252 e. The monoisotopic (exact) mass is 446 g/mol. The van der Waals surface area contributed by atoms with Gasteiger partial charge in [0.15, 0.2) is 0 Å². The third kappa shape index (κ3) is 3.21. The quantitative estimate of drug-likeness (QED) is 0.459. The average Bonchev–Trinajstić information content (AvgIpc) is 3.13. The van der Waals surface area contributed by atoms with E-state index in [0.717, 1.165) is 24.8 Å². The van der Waals surface area contributed by atoms with Crippen LogP contribution in [0.4, 0.5) is 13.2 Å². The Morgan fingerprint density at radius 1 is 1.06 bits per heavy atom. The molecule has 0 radical (unpaired) electrons. The first kappa shape index (κ1) is 22.2. The molecule has 5 rings (SSSR count). The summed E-state index contributed by atoms with van der Waals surface area (Å²) in [5.41, 5.74) is 0.342. The molecule has 3 saturated carbocycles. The van der Waals surface area contributed by atoms with E-state index in [2.05, 4.69) is 19.9 Å². The van der Waals surface area contributed by atoms with Crippen LogP contribution in [0.3, 0.4) is 0 Å². The van der Waals surface area contributed by atoms with Crippen LogP contribution in [0.1, 0.15) is 69.9 Å². The van der Waals surface area contributed by atoms with Gasteiger partial charge in [0.2, 0.25) is 0 Å². The summed E-state index contributed by atoms with van der Waals surface area (Å²) in [6.45, 7) is 5.13. The number of fused-ring (bicyclic) bond motifs is 5. The second-order valence-electron chi connectivity index (χ2n) is 11.7. The van der Waals surface area contributed by atoms with Crippen LogP contribution in [-0.2, 0) is 17.5 Å². The number of quaternary nitrogens is 1. The van der Waals surface area contributed by atoms with Crippen LogP contribution in [0, 0.1) is 28.6 Å². The van der Waals surface area contributed by atoms with Gasteiger partial charge in [0.25, 0.3) is 0 Å². The van der Waals surface area contributed by atoms with Gasteiger partial charge in [-0.15, -0.1) is 0 Å². The number of nitrogens with zero attached hydrogens (tertiary/aromatic N) is 1. The number of halogens is 3. The number of hydrogen-bond donors (Lipinski definition) is 0. The second-order valence-corrected chi connectivity index (χ2v) is 11.7. The summed E-state index contributed by atoms with van der Waals surface area (Å²) in [5, 5.41) is 0.